The van der Waals surface area contributed by atoms with E-state index in [-0.39, 0.29) is 6.04 Å². The summed E-state index contributed by atoms with van der Waals surface area (Å²) in [5.41, 5.74) is 7.63. The second-order valence-corrected chi connectivity index (χ2v) is 5.77. The van der Waals surface area contributed by atoms with Crippen LogP contribution in [0, 0.1) is 5.92 Å². The number of aryl methyl sites for hydroxylation is 1. The average Bonchev–Trinajstić information content (AvgIpc) is 2.47. The molecule has 0 bridgehead atoms. The van der Waals surface area contributed by atoms with Crippen molar-refractivity contribution in [3.8, 4) is 5.75 Å². The number of nitrogens with two attached hydrogens (primary N) is 1. The van der Waals surface area contributed by atoms with E-state index in [4.69, 9.17) is 10.5 Å². The lowest BCUT2D eigenvalue weighted by Gasteiger charge is -2.27. The SMILES string of the molecule is CCCc1ccc(OCC(N)C2CCCCC2)cc1. The summed E-state index contributed by atoms with van der Waals surface area (Å²) >= 11 is 0. The Morgan fingerprint density at radius 2 is 1.84 bits per heavy atom. The van der Waals surface area contributed by atoms with Crippen molar-refractivity contribution >= 4 is 0 Å². The molecule has 2 nitrogen and oxygen atoms in total. The van der Waals surface area contributed by atoms with Gasteiger partial charge in [-0.2, -0.15) is 0 Å². The lowest BCUT2D eigenvalue weighted by molar-refractivity contribution is 0.214. The Hall–Kier alpha value is -1.02. The zero-order valence-corrected chi connectivity index (χ0v) is 12.1. The molecule has 0 heterocycles. The van der Waals surface area contributed by atoms with E-state index in [9.17, 15) is 0 Å². The average molecular weight is 261 g/mol. The van der Waals surface area contributed by atoms with Crippen molar-refractivity contribution < 1.29 is 4.74 Å². The normalized spacial score (nSPS) is 18.2. The van der Waals surface area contributed by atoms with Gasteiger partial charge >= 0.3 is 0 Å². The Bertz CT molecular complexity index is 354. The molecule has 1 aromatic carbocycles. The van der Waals surface area contributed by atoms with Crippen LogP contribution in [-0.2, 0) is 6.42 Å². The van der Waals surface area contributed by atoms with Crippen LogP contribution in [0.3, 0.4) is 0 Å². The van der Waals surface area contributed by atoms with E-state index < -0.39 is 0 Å². The smallest absolute Gasteiger partial charge is 0.119 e. The Kier molecular flexibility index (Phi) is 5.71. The van der Waals surface area contributed by atoms with E-state index in [2.05, 4.69) is 31.2 Å². The quantitative estimate of drug-likeness (QED) is 0.842. The van der Waals surface area contributed by atoms with Gasteiger partial charge in [0.1, 0.15) is 12.4 Å². The first-order valence-electron chi connectivity index (χ1n) is 7.77. The predicted octanol–water partition coefficient (Wildman–Crippen LogP) is 3.93. The van der Waals surface area contributed by atoms with Crippen molar-refractivity contribution in [1.29, 1.82) is 0 Å². The maximum absolute atomic E-state index is 6.25. The Morgan fingerprint density at radius 3 is 2.47 bits per heavy atom. The van der Waals surface area contributed by atoms with Gasteiger partial charge in [-0.05, 0) is 42.9 Å². The van der Waals surface area contributed by atoms with E-state index in [0.29, 0.717) is 12.5 Å². The second-order valence-electron chi connectivity index (χ2n) is 5.77. The molecule has 1 fully saturated rings. The number of rotatable bonds is 6. The van der Waals surface area contributed by atoms with Crippen molar-refractivity contribution in [2.75, 3.05) is 6.61 Å². The minimum absolute atomic E-state index is 0.190. The molecule has 0 aliphatic heterocycles. The third kappa shape index (κ3) is 4.54. The molecular weight excluding hydrogens is 234 g/mol. The van der Waals surface area contributed by atoms with Crippen LogP contribution in [-0.4, -0.2) is 12.6 Å². The first kappa shape index (κ1) is 14.4. The van der Waals surface area contributed by atoms with Gasteiger partial charge in [0.05, 0.1) is 0 Å². The maximum Gasteiger partial charge on any atom is 0.119 e. The Labute approximate surface area is 117 Å². The summed E-state index contributed by atoms with van der Waals surface area (Å²) in [7, 11) is 0. The summed E-state index contributed by atoms with van der Waals surface area (Å²) in [6.45, 7) is 2.85. The summed E-state index contributed by atoms with van der Waals surface area (Å²) < 4.78 is 5.83. The molecule has 1 unspecified atom stereocenters. The zero-order chi connectivity index (χ0) is 13.5. The molecule has 1 aromatic rings. The molecule has 2 N–H and O–H groups in total. The molecule has 0 radical (unpaired) electrons. The van der Waals surface area contributed by atoms with E-state index in [1.165, 1.54) is 44.1 Å². The molecule has 0 spiro atoms. The highest BCUT2D eigenvalue weighted by atomic mass is 16.5. The first-order valence-corrected chi connectivity index (χ1v) is 7.77. The van der Waals surface area contributed by atoms with Crippen LogP contribution in [0.5, 0.6) is 5.75 Å². The minimum atomic E-state index is 0.190. The first-order chi connectivity index (χ1) is 9.29. The van der Waals surface area contributed by atoms with Gasteiger partial charge in [0.25, 0.3) is 0 Å². The van der Waals surface area contributed by atoms with Gasteiger partial charge in [-0.1, -0.05) is 44.7 Å². The lowest BCUT2D eigenvalue weighted by Crippen LogP contribution is -2.37. The van der Waals surface area contributed by atoms with Gasteiger partial charge in [-0.3, -0.25) is 0 Å². The standard InChI is InChI=1S/C17H27NO/c1-2-6-14-9-11-16(12-10-14)19-13-17(18)15-7-4-3-5-8-15/h9-12,15,17H,2-8,13,18H2,1H3. The topological polar surface area (TPSA) is 35.2 Å². The van der Waals surface area contributed by atoms with Crippen molar-refractivity contribution in [2.24, 2.45) is 11.7 Å². The van der Waals surface area contributed by atoms with Gasteiger partial charge in [0.15, 0.2) is 0 Å². The molecule has 0 aromatic heterocycles. The maximum atomic E-state index is 6.25. The van der Waals surface area contributed by atoms with Gasteiger partial charge in [0.2, 0.25) is 0 Å². The van der Waals surface area contributed by atoms with Gasteiger partial charge in [-0.25, -0.2) is 0 Å². The van der Waals surface area contributed by atoms with Gasteiger partial charge in [-0.15, -0.1) is 0 Å². The third-order valence-corrected chi connectivity index (χ3v) is 4.16. The van der Waals surface area contributed by atoms with E-state index in [1.54, 1.807) is 0 Å². The van der Waals surface area contributed by atoms with E-state index >= 15 is 0 Å². The van der Waals surface area contributed by atoms with Crippen molar-refractivity contribution in [1.82, 2.24) is 0 Å². The largest absolute Gasteiger partial charge is 0.492 e. The molecule has 1 saturated carbocycles. The predicted molar refractivity (Wildman–Crippen MR) is 80.5 cm³/mol. The molecule has 1 aliphatic rings. The molecule has 0 saturated heterocycles. The van der Waals surface area contributed by atoms with Crippen LogP contribution in [0.4, 0.5) is 0 Å². The molecule has 1 aliphatic carbocycles. The van der Waals surface area contributed by atoms with E-state index in [1.807, 2.05) is 0 Å². The van der Waals surface area contributed by atoms with Crippen LogP contribution in [0.2, 0.25) is 0 Å². The fourth-order valence-corrected chi connectivity index (χ4v) is 2.93. The van der Waals surface area contributed by atoms with Crippen LogP contribution in [0.15, 0.2) is 24.3 Å². The molecule has 1 atom stereocenters. The third-order valence-electron chi connectivity index (χ3n) is 4.16. The number of hydrogen-bond acceptors (Lipinski definition) is 2. The van der Waals surface area contributed by atoms with Crippen LogP contribution < -0.4 is 10.5 Å². The molecular formula is C17H27NO. The number of hydrogen-bond donors (Lipinski definition) is 1. The van der Waals surface area contributed by atoms with Crippen molar-refractivity contribution in [3.05, 3.63) is 29.8 Å². The highest BCUT2D eigenvalue weighted by Crippen LogP contribution is 2.26. The summed E-state index contributed by atoms with van der Waals surface area (Å²) in [4.78, 5) is 0. The highest BCUT2D eigenvalue weighted by Gasteiger charge is 2.20. The molecule has 0 amide bonds. The Morgan fingerprint density at radius 1 is 1.16 bits per heavy atom. The highest BCUT2D eigenvalue weighted by molar-refractivity contribution is 5.27. The molecule has 2 heteroatoms. The molecule has 2 rings (SSSR count). The van der Waals surface area contributed by atoms with Crippen LogP contribution >= 0.6 is 0 Å². The zero-order valence-electron chi connectivity index (χ0n) is 12.1. The van der Waals surface area contributed by atoms with Crippen LogP contribution in [0.25, 0.3) is 0 Å². The molecule has 19 heavy (non-hydrogen) atoms. The summed E-state index contributed by atoms with van der Waals surface area (Å²) in [5.74, 6) is 1.61. The number of ether oxygens (including phenoxy) is 1. The van der Waals surface area contributed by atoms with Gasteiger partial charge in [0, 0.05) is 6.04 Å². The monoisotopic (exact) mass is 261 g/mol. The van der Waals surface area contributed by atoms with Crippen molar-refractivity contribution in [3.63, 3.8) is 0 Å². The fraction of sp³-hybridized carbons (Fsp3) is 0.647. The lowest BCUT2D eigenvalue weighted by atomic mass is 9.84. The Balaban J connectivity index is 1.77. The van der Waals surface area contributed by atoms with Crippen molar-refractivity contribution in [2.45, 2.75) is 57.9 Å². The van der Waals surface area contributed by atoms with Gasteiger partial charge < -0.3 is 10.5 Å². The van der Waals surface area contributed by atoms with E-state index in [0.717, 1.165) is 12.2 Å². The second kappa shape index (κ2) is 7.54. The number of benzene rings is 1. The molecule has 106 valence electrons. The van der Waals surface area contributed by atoms with Crippen LogP contribution in [0.1, 0.15) is 51.0 Å². The fourth-order valence-electron chi connectivity index (χ4n) is 2.93. The minimum Gasteiger partial charge on any atom is -0.492 e. The summed E-state index contributed by atoms with van der Waals surface area (Å²) in [6, 6.07) is 8.64. The summed E-state index contributed by atoms with van der Waals surface area (Å²) in [6.07, 6.45) is 8.94. The summed E-state index contributed by atoms with van der Waals surface area (Å²) in [5, 5.41) is 0.